The van der Waals surface area contributed by atoms with Crippen LogP contribution < -0.4 is 0 Å². The SMILES string of the molecule is Cl.O=C(/C=C/c1ccccc1)CCN1CCCCC1. The number of hydrogen-bond donors (Lipinski definition) is 0. The monoisotopic (exact) mass is 279 g/mol. The van der Waals surface area contributed by atoms with Gasteiger partial charge in [0.05, 0.1) is 0 Å². The summed E-state index contributed by atoms with van der Waals surface area (Å²) >= 11 is 0. The molecule has 0 atom stereocenters. The Morgan fingerprint density at radius 2 is 1.79 bits per heavy atom. The van der Waals surface area contributed by atoms with E-state index in [1.54, 1.807) is 6.08 Å². The van der Waals surface area contributed by atoms with Crippen LogP contribution in [0.4, 0.5) is 0 Å². The Bertz CT molecular complexity index is 396. The molecule has 0 amide bonds. The molecule has 0 bridgehead atoms. The summed E-state index contributed by atoms with van der Waals surface area (Å²) in [6.07, 6.45) is 8.17. The van der Waals surface area contributed by atoms with Crippen molar-refractivity contribution in [1.82, 2.24) is 4.90 Å². The zero-order valence-corrected chi connectivity index (χ0v) is 12.1. The number of allylic oxidation sites excluding steroid dienone is 1. The van der Waals surface area contributed by atoms with Gasteiger partial charge >= 0.3 is 0 Å². The molecule has 2 rings (SSSR count). The summed E-state index contributed by atoms with van der Waals surface area (Å²) in [4.78, 5) is 14.1. The standard InChI is InChI=1S/C16H21NO.ClH/c18-16(10-9-15-7-3-1-4-8-15)11-14-17-12-5-2-6-13-17;/h1,3-4,7-10H,2,5-6,11-14H2;1H/b10-9+;. The zero-order valence-electron chi connectivity index (χ0n) is 11.3. The first kappa shape index (κ1) is 15.9. The molecule has 0 aromatic heterocycles. The molecule has 1 saturated heterocycles. The Morgan fingerprint density at radius 1 is 1.11 bits per heavy atom. The summed E-state index contributed by atoms with van der Waals surface area (Å²) in [7, 11) is 0. The normalized spacial score (nSPS) is 16.2. The van der Waals surface area contributed by atoms with E-state index in [1.807, 2.05) is 36.4 Å². The number of likely N-dealkylation sites (tertiary alicyclic amines) is 1. The van der Waals surface area contributed by atoms with Crippen LogP contribution >= 0.6 is 12.4 Å². The van der Waals surface area contributed by atoms with Crippen LogP contribution in [0.2, 0.25) is 0 Å². The first-order chi connectivity index (χ1) is 8.84. The third-order valence-electron chi connectivity index (χ3n) is 3.38. The Kier molecular flexibility index (Phi) is 7.46. The summed E-state index contributed by atoms with van der Waals surface area (Å²) in [6.45, 7) is 3.24. The van der Waals surface area contributed by atoms with Gasteiger partial charge < -0.3 is 4.90 Å². The van der Waals surface area contributed by atoms with Gasteiger partial charge in [0, 0.05) is 13.0 Å². The predicted molar refractivity (Wildman–Crippen MR) is 82.6 cm³/mol. The van der Waals surface area contributed by atoms with E-state index in [9.17, 15) is 4.79 Å². The van der Waals surface area contributed by atoms with Crippen molar-refractivity contribution in [3.63, 3.8) is 0 Å². The fourth-order valence-electron chi connectivity index (χ4n) is 2.29. The molecule has 1 fully saturated rings. The van der Waals surface area contributed by atoms with E-state index >= 15 is 0 Å². The molecule has 3 heteroatoms. The van der Waals surface area contributed by atoms with Gasteiger partial charge in [-0.05, 0) is 37.6 Å². The second-order valence-electron chi connectivity index (χ2n) is 4.86. The predicted octanol–water partition coefficient (Wildman–Crippen LogP) is 3.57. The van der Waals surface area contributed by atoms with Crippen molar-refractivity contribution in [2.75, 3.05) is 19.6 Å². The maximum Gasteiger partial charge on any atom is 0.156 e. The largest absolute Gasteiger partial charge is 0.303 e. The fraction of sp³-hybridized carbons (Fsp3) is 0.438. The number of carbonyl (C=O) groups excluding carboxylic acids is 1. The van der Waals surface area contributed by atoms with Crippen molar-refractivity contribution in [2.24, 2.45) is 0 Å². The van der Waals surface area contributed by atoms with Gasteiger partial charge in [-0.1, -0.05) is 42.8 Å². The molecule has 0 radical (unpaired) electrons. The molecule has 0 spiro atoms. The second kappa shape index (κ2) is 8.89. The molecule has 19 heavy (non-hydrogen) atoms. The Labute approximate surface area is 121 Å². The average Bonchev–Trinajstić information content (AvgIpc) is 2.45. The van der Waals surface area contributed by atoms with E-state index in [-0.39, 0.29) is 18.2 Å². The Morgan fingerprint density at radius 3 is 2.47 bits per heavy atom. The van der Waals surface area contributed by atoms with Crippen LogP contribution in [-0.2, 0) is 4.79 Å². The molecule has 1 heterocycles. The molecule has 1 aliphatic heterocycles. The average molecular weight is 280 g/mol. The second-order valence-corrected chi connectivity index (χ2v) is 4.86. The maximum absolute atomic E-state index is 11.7. The summed E-state index contributed by atoms with van der Waals surface area (Å²) in [5.74, 6) is 0.226. The lowest BCUT2D eigenvalue weighted by Gasteiger charge is -2.25. The number of nitrogens with zero attached hydrogens (tertiary/aromatic N) is 1. The van der Waals surface area contributed by atoms with Gasteiger partial charge in [0.2, 0.25) is 0 Å². The molecule has 0 unspecified atom stereocenters. The van der Waals surface area contributed by atoms with Gasteiger partial charge in [-0.3, -0.25) is 4.79 Å². The van der Waals surface area contributed by atoms with Gasteiger partial charge in [0.1, 0.15) is 0 Å². The van der Waals surface area contributed by atoms with Gasteiger partial charge in [-0.25, -0.2) is 0 Å². The number of benzene rings is 1. The van der Waals surface area contributed by atoms with Crippen LogP contribution in [0.1, 0.15) is 31.2 Å². The number of hydrogen-bond acceptors (Lipinski definition) is 2. The molecular formula is C16H22ClNO. The number of piperidine rings is 1. The first-order valence-electron chi connectivity index (χ1n) is 6.83. The van der Waals surface area contributed by atoms with Crippen molar-refractivity contribution in [3.05, 3.63) is 42.0 Å². The van der Waals surface area contributed by atoms with Crippen LogP contribution in [0, 0.1) is 0 Å². The van der Waals surface area contributed by atoms with Crippen LogP contribution in [0.3, 0.4) is 0 Å². The number of halogens is 1. The van der Waals surface area contributed by atoms with Gasteiger partial charge in [-0.15, -0.1) is 12.4 Å². The zero-order chi connectivity index (χ0) is 12.6. The van der Waals surface area contributed by atoms with Crippen molar-refractivity contribution in [1.29, 1.82) is 0 Å². The van der Waals surface area contributed by atoms with Gasteiger partial charge in [0.15, 0.2) is 5.78 Å². The fourth-order valence-corrected chi connectivity index (χ4v) is 2.29. The van der Waals surface area contributed by atoms with E-state index < -0.39 is 0 Å². The third-order valence-corrected chi connectivity index (χ3v) is 3.38. The van der Waals surface area contributed by atoms with Crippen LogP contribution in [0.25, 0.3) is 6.08 Å². The van der Waals surface area contributed by atoms with E-state index in [0.29, 0.717) is 6.42 Å². The smallest absolute Gasteiger partial charge is 0.156 e. The molecular weight excluding hydrogens is 258 g/mol. The van der Waals surface area contributed by atoms with Crippen molar-refractivity contribution >= 4 is 24.3 Å². The van der Waals surface area contributed by atoms with E-state index in [0.717, 1.165) is 25.2 Å². The molecule has 1 aromatic rings. The van der Waals surface area contributed by atoms with Gasteiger partial charge in [-0.2, -0.15) is 0 Å². The van der Waals surface area contributed by atoms with E-state index in [2.05, 4.69) is 4.90 Å². The minimum absolute atomic E-state index is 0. The molecule has 0 saturated carbocycles. The minimum Gasteiger partial charge on any atom is -0.303 e. The molecule has 104 valence electrons. The first-order valence-corrected chi connectivity index (χ1v) is 6.83. The highest BCUT2D eigenvalue weighted by Gasteiger charge is 2.10. The van der Waals surface area contributed by atoms with Crippen molar-refractivity contribution in [2.45, 2.75) is 25.7 Å². The molecule has 1 aromatic carbocycles. The summed E-state index contributed by atoms with van der Waals surface area (Å²) in [5, 5.41) is 0. The molecule has 2 nitrogen and oxygen atoms in total. The maximum atomic E-state index is 11.7. The van der Waals surface area contributed by atoms with Crippen LogP contribution in [0.15, 0.2) is 36.4 Å². The summed E-state index contributed by atoms with van der Waals surface area (Å²) < 4.78 is 0. The quantitative estimate of drug-likeness (QED) is 0.768. The topological polar surface area (TPSA) is 20.3 Å². The lowest BCUT2D eigenvalue weighted by molar-refractivity contribution is -0.114. The van der Waals surface area contributed by atoms with E-state index in [1.165, 1.54) is 19.3 Å². The minimum atomic E-state index is 0. The third kappa shape index (κ3) is 6.04. The highest BCUT2D eigenvalue weighted by molar-refractivity contribution is 5.93. The molecule has 1 aliphatic rings. The molecule has 0 aliphatic carbocycles. The Balaban J connectivity index is 0.00000180. The van der Waals surface area contributed by atoms with Crippen LogP contribution in [-0.4, -0.2) is 30.3 Å². The highest BCUT2D eigenvalue weighted by atomic mass is 35.5. The Hall–Kier alpha value is -1.12. The van der Waals surface area contributed by atoms with Crippen molar-refractivity contribution < 1.29 is 4.79 Å². The lowest BCUT2D eigenvalue weighted by atomic mass is 10.1. The van der Waals surface area contributed by atoms with Gasteiger partial charge in [0.25, 0.3) is 0 Å². The molecule has 0 N–H and O–H groups in total. The van der Waals surface area contributed by atoms with Crippen molar-refractivity contribution in [3.8, 4) is 0 Å². The number of ketones is 1. The lowest BCUT2D eigenvalue weighted by Crippen LogP contribution is -2.31. The van der Waals surface area contributed by atoms with Crippen LogP contribution in [0.5, 0.6) is 0 Å². The summed E-state index contributed by atoms with van der Waals surface area (Å²) in [6, 6.07) is 9.97. The highest BCUT2D eigenvalue weighted by Crippen LogP contribution is 2.09. The van der Waals surface area contributed by atoms with E-state index in [4.69, 9.17) is 0 Å². The summed E-state index contributed by atoms with van der Waals surface area (Å²) in [5.41, 5.74) is 1.09. The number of carbonyl (C=O) groups is 1. The number of rotatable bonds is 5.